The predicted molar refractivity (Wildman–Crippen MR) is 65.9 cm³/mol. The molecule has 0 fully saturated rings. The summed E-state index contributed by atoms with van der Waals surface area (Å²) in [6.07, 6.45) is 0. The van der Waals surface area contributed by atoms with E-state index in [1.165, 1.54) is 18.2 Å². The zero-order valence-electron chi connectivity index (χ0n) is 9.81. The third-order valence-corrected chi connectivity index (χ3v) is 2.90. The third-order valence-electron chi connectivity index (χ3n) is 2.67. The molecule has 0 unspecified atom stereocenters. The maximum absolute atomic E-state index is 13.5. The average molecular weight is 285 g/mol. The summed E-state index contributed by atoms with van der Waals surface area (Å²) in [6.45, 7) is 1.60. The van der Waals surface area contributed by atoms with Crippen LogP contribution in [0.4, 0.5) is 13.2 Å². The van der Waals surface area contributed by atoms with E-state index < -0.39 is 28.8 Å². The summed E-state index contributed by atoms with van der Waals surface area (Å²) in [5, 5.41) is 0.411. The van der Waals surface area contributed by atoms with Crippen LogP contribution in [0.15, 0.2) is 30.3 Å². The van der Waals surface area contributed by atoms with Crippen LogP contribution in [-0.2, 0) is 0 Å². The van der Waals surface area contributed by atoms with Gasteiger partial charge in [0.1, 0.15) is 17.5 Å². The lowest BCUT2D eigenvalue weighted by atomic mass is 9.98. The molecule has 0 atom stereocenters. The summed E-state index contributed by atoms with van der Waals surface area (Å²) < 4.78 is 39.9. The molecule has 0 aliphatic rings. The van der Waals surface area contributed by atoms with Gasteiger partial charge in [-0.15, -0.1) is 0 Å². The number of aryl methyl sites for hydroxylation is 1. The highest BCUT2D eigenvalue weighted by Gasteiger charge is 2.21. The number of carbonyl (C=O) groups is 1. The first-order valence-corrected chi connectivity index (χ1v) is 5.73. The molecule has 19 heavy (non-hydrogen) atoms. The molecule has 0 bridgehead atoms. The van der Waals surface area contributed by atoms with Crippen LogP contribution >= 0.6 is 11.6 Å². The van der Waals surface area contributed by atoms with Gasteiger partial charge in [0, 0.05) is 22.7 Å². The smallest absolute Gasteiger partial charge is 0.199 e. The first kappa shape index (κ1) is 13.6. The number of halogens is 4. The lowest BCUT2D eigenvalue weighted by molar-refractivity contribution is 0.103. The van der Waals surface area contributed by atoms with Crippen molar-refractivity contribution in [3.05, 3.63) is 69.5 Å². The van der Waals surface area contributed by atoms with Gasteiger partial charge in [-0.3, -0.25) is 4.79 Å². The molecule has 0 heterocycles. The van der Waals surface area contributed by atoms with Crippen molar-refractivity contribution < 1.29 is 18.0 Å². The molecule has 0 spiro atoms. The van der Waals surface area contributed by atoms with Crippen molar-refractivity contribution in [2.45, 2.75) is 6.92 Å². The Kier molecular flexibility index (Phi) is 3.62. The normalized spacial score (nSPS) is 10.6. The summed E-state index contributed by atoms with van der Waals surface area (Å²) in [5.74, 6) is -4.36. The van der Waals surface area contributed by atoms with Crippen LogP contribution in [0.5, 0.6) is 0 Å². The topological polar surface area (TPSA) is 17.1 Å². The van der Waals surface area contributed by atoms with Crippen LogP contribution in [0, 0.1) is 24.4 Å². The van der Waals surface area contributed by atoms with Crippen LogP contribution in [-0.4, -0.2) is 5.78 Å². The summed E-state index contributed by atoms with van der Waals surface area (Å²) in [4.78, 5) is 12.1. The van der Waals surface area contributed by atoms with E-state index in [2.05, 4.69) is 0 Å². The van der Waals surface area contributed by atoms with Gasteiger partial charge in [0.05, 0.1) is 5.56 Å². The molecule has 5 heteroatoms. The van der Waals surface area contributed by atoms with E-state index in [0.717, 1.165) is 0 Å². The van der Waals surface area contributed by atoms with Gasteiger partial charge in [0.25, 0.3) is 0 Å². The van der Waals surface area contributed by atoms with Crippen molar-refractivity contribution in [1.29, 1.82) is 0 Å². The Hall–Kier alpha value is -1.81. The number of ketones is 1. The summed E-state index contributed by atoms with van der Waals surface area (Å²) in [7, 11) is 0. The van der Waals surface area contributed by atoms with Crippen LogP contribution in [0.3, 0.4) is 0 Å². The Morgan fingerprint density at radius 1 is 1.05 bits per heavy atom. The summed E-state index contributed by atoms with van der Waals surface area (Å²) in [5.41, 5.74) is -0.166. The van der Waals surface area contributed by atoms with Crippen LogP contribution in [0.1, 0.15) is 21.5 Å². The van der Waals surface area contributed by atoms with Gasteiger partial charge in [0.2, 0.25) is 0 Å². The Balaban J connectivity index is 2.56. The first-order valence-electron chi connectivity index (χ1n) is 5.35. The number of hydrogen-bond donors (Lipinski definition) is 0. The molecule has 2 aromatic rings. The Morgan fingerprint density at radius 3 is 2.16 bits per heavy atom. The highest BCUT2D eigenvalue weighted by Crippen LogP contribution is 2.22. The molecule has 0 N–H and O–H groups in total. The van der Waals surface area contributed by atoms with Gasteiger partial charge in [-0.05, 0) is 30.7 Å². The quantitative estimate of drug-likeness (QED) is 0.752. The van der Waals surface area contributed by atoms with E-state index in [4.69, 9.17) is 11.6 Å². The Labute approximate surface area is 112 Å². The van der Waals surface area contributed by atoms with Crippen molar-refractivity contribution in [1.82, 2.24) is 0 Å². The lowest BCUT2D eigenvalue weighted by Gasteiger charge is -2.07. The number of rotatable bonds is 2. The van der Waals surface area contributed by atoms with E-state index in [1.807, 2.05) is 0 Å². The molecule has 0 aromatic heterocycles. The minimum atomic E-state index is -1.23. The van der Waals surface area contributed by atoms with Crippen molar-refractivity contribution in [3.8, 4) is 0 Å². The molecule has 1 nitrogen and oxygen atoms in total. The SMILES string of the molecule is Cc1cc(Cl)ccc1C(=O)c1c(F)cc(F)cc1F. The highest BCUT2D eigenvalue weighted by atomic mass is 35.5. The fourth-order valence-corrected chi connectivity index (χ4v) is 2.00. The molecule has 0 aliphatic heterocycles. The van der Waals surface area contributed by atoms with Crippen molar-refractivity contribution in [2.24, 2.45) is 0 Å². The van der Waals surface area contributed by atoms with Gasteiger partial charge in [-0.1, -0.05) is 11.6 Å². The Bertz CT molecular complexity index is 645. The van der Waals surface area contributed by atoms with Crippen molar-refractivity contribution in [2.75, 3.05) is 0 Å². The molecule has 0 radical (unpaired) electrons. The van der Waals surface area contributed by atoms with Crippen LogP contribution in [0.25, 0.3) is 0 Å². The fraction of sp³-hybridized carbons (Fsp3) is 0.0714. The molecular weight excluding hydrogens is 277 g/mol. The van der Waals surface area contributed by atoms with E-state index in [0.29, 0.717) is 22.7 Å². The van der Waals surface area contributed by atoms with E-state index in [-0.39, 0.29) is 5.56 Å². The van der Waals surface area contributed by atoms with E-state index in [1.54, 1.807) is 6.92 Å². The fourth-order valence-electron chi connectivity index (χ4n) is 1.78. The lowest BCUT2D eigenvalue weighted by Crippen LogP contribution is -2.09. The van der Waals surface area contributed by atoms with Crippen LogP contribution in [0.2, 0.25) is 5.02 Å². The second-order valence-electron chi connectivity index (χ2n) is 4.03. The van der Waals surface area contributed by atoms with Crippen molar-refractivity contribution in [3.63, 3.8) is 0 Å². The molecule has 2 rings (SSSR count). The van der Waals surface area contributed by atoms with Gasteiger partial charge < -0.3 is 0 Å². The molecule has 0 saturated heterocycles. The summed E-state index contributed by atoms with van der Waals surface area (Å²) >= 11 is 5.74. The number of hydrogen-bond acceptors (Lipinski definition) is 1. The van der Waals surface area contributed by atoms with Gasteiger partial charge in [0.15, 0.2) is 5.78 Å². The molecule has 0 amide bonds. The first-order chi connectivity index (χ1) is 8.90. The monoisotopic (exact) mass is 284 g/mol. The standard InChI is InChI=1S/C14H8ClF3O/c1-7-4-8(15)2-3-10(7)14(19)13-11(17)5-9(16)6-12(13)18/h2-6H,1H3. The van der Waals surface area contributed by atoms with E-state index >= 15 is 0 Å². The van der Waals surface area contributed by atoms with Crippen LogP contribution < -0.4 is 0 Å². The predicted octanol–water partition coefficient (Wildman–Crippen LogP) is 4.30. The van der Waals surface area contributed by atoms with Gasteiger partial charge in [-0.2, -0.15) is 0 Å². The molecular formula is C14H8ClF3O. The molecule has 98 valence electrons. The van der Waals surface area contributed by atoms with E-state index in [9.17, 15) is 18.0 Å². The minimum Gasteiger partial charge on any atom is -0.288 e. The van der Waals surface area contributed by atoms with Crippen molar-refractivity contribution >= 4 is 17.4 Å². The maximum Gasteiger partial charge on any atom is 0.199 e. The second kappa shape index (κ2) is 5.05. The summed E-state index contributed by atoms with van der Waals surface area (Å²) in [6, 6.07) is 5.28. The molecule has 0 saturated carbocycles. The maximum atomic E-state index is 13.5. The largest absolute Gasteiger partial charge is 0.288 e. The number of benzene rings is 2. The molecule has 2 aromatic carbocycles. The van der Waals surface area contributed by atoms with Gasteiger partial charge >= 0.3 is 0 Å². The van der Waals surface area contributed by atoms with Gasteiger partial charge in [-0.25, -0.2) is 13.2 Å². The zero-order valence-corrected chi connectivity index (χ0v) is 10.6. The molecule has 0 aliphatic carbocycles. The zero-order chi connectivity index (χ0) is 14.2. The average Bonchev–Trinajstić information content (AvgIpc) is 2.26. The minimum absolute atomic E-state index is 0.119. The second-order valence-corrected chi connectivity index (χ2v) is 4.47. The Morgan fingerprint density at radius 2 is 1.63 bits per heavy atom. The number of carbonyl (C=O) groups excluding carboxylic acids is 1. The highest BCUT2D eigenvalue weighted by molar-refractivity contribution is 6.30. The third kappa shape index (κ3) is 2.63.